The molecule has 0 radical (unpaired) electrons. The molecule has 21 nitrogen and oxygen atoms in total. The highest BCUT2D eigenvalue weighted by Gasteiger charge is 2.33. The molecule has 1 aromatic carbocycles. The SMILES string of the molecule is C=C(NCC(=O)OCC)NCc1ccc(N)nc1.CCOC(=O)C1CCCCN1C(=O)CNC(=O)NCc1ccc(N)nc1.CCOC(=O)CNC(=O)NCc1ccc(C)c(OC)c1. The van der Waals surface area contributed by atoms with Crippen LogP contribution >= 0.6 is 0 Å². The highest BCUT2D eigenvalue weighted by molar-refractivity contribution is 5.88. The maximum absolute atomic E-state index is 12.4. The number of urea groups is 2. The summed E-state index contributed by atoms with van der Waals surface area (Å²) in [6.07, 6.45) is 5.54. The van der Waals surface area contributed by atoms with Gasteiger partial charge in [0.2, 0.25) is 5.91 Å². The van der Waals surface area contributed by atoms with E-state index in [1.165, 1.54) is 4.90 Å². The molecular weight excluding hydrogens is 831 g/mol. The van der Waals surface area contributed by atoms with Gasteiger partial charge in [0.1, 0.15) is 36.5 Å². The molecule has 4 rings (SSSR count). The van der Waals surface area contributed by atoms with Gasteiger partial charge >= 0.3 is 30.0 Å². The van der Waals surface area contributed by atoms with Crippen LogP contribution in [0.1, 0.15) is 62.3 Å². The molecule has 64 heavy (non-hydrogen) atoms. The first-order chi connectivity index (χ1) is 30.7. The number of methoxy groups -OCH3 is 1. The van der Waals surface area contributed by atoms with Crippen LogP contribution in [0.2, 0.25) is 0 Å². The van der Waals surface area contributed by atoms with Gasteiger partial charge in [0, 0.05) is 38.6 Å². The lowest BCUT2D eigenvalue weighted by atomic mass is 10.0. The van der Waals surface area contributed by atoms with E-state index in [4.69, 9.17) is 30.4 Å². The number of benzene rings is 1. The maximum Gasteiger partial charge on any atom is 0.328 e. The van der Waals surface area contributed by atoms with Crippen molar-refractivity contribution in [1.82, 2.24) is 46.8 Å². The normalized spacial score (nSPS) is 12.5. The number of hydrogen-bond acceptors (Lipinski definition) is 16. The smallest absolute Gasteiger partial charge is 0.328 e. The first kappa shape index (κ1) is 52.8. The average Bonchev–Trinajstić information content (AvgIpc) is 3.29. The first-order valence-electron chi connectivity index (χ1n) is 20.7. The minimum atomic E-state index is -0.568. The van der Waals surface area contributed by atoms with E-state index in [1.54, 1.807) is 58.5 Å². The Balaban J connectivity index is 0.000000337. The molecule has 0 aliphatic carbocycles. The summed E-state index contributed by atoms with van der Waals surface area (Å²) in [6, 6.07) is 11.2. The van der Waals surface area contributed by atoms with Gasteiger partial charge in [-0.3, -0.25) is 14.4 Å². The van der Waals surface area contributed by atoms with E-state index in [9.17, 15) is 28.8 Å². The van der Waals surface area contributed by atoms with Crippen LogP contribution in [0.3, 0.4) is 0 Å². The van der Waals surface area contributed by atoms with Gasteiger partial charge in [-0.25, -0.2) is 24.4 Å². The molecule has 3 heterocycles. The predicted octanol–water partition coefficient (Wildman–Crippen LogP) is 2.15. The average molecular weight is 894 g/mol. The summed E-state index contributed by atoms with van der Waals surface area (Å²) in [6.45, 7) is 13.3. The van der Waals surface area contributed by atoms with Gasteiger partial charge < -0.3 is 67.2 Å². The number of carbonyl (C=O) groups is 6. The van der Waals surface area contributed by atoms with Crippen molar-refractivity contribution in [2.75, 3.05) is 64.6 Å². The number of likely N-dealkylation sites (tertiary alicyclic amines) is 1. The van der Waals surface area contributed by atoms with Crippen molar-refractivity contribution >= 4 is 47.5 Å². The predicted molar refractivity (Wildman–Crippen MR) is 239 cm³/mol. The molecule has 1 atom stereocenters. The number of carbonyl (C=O) groups excluding carboxylic acids is 6. The van der Waals surface area contributed by atoms with Gasteiger partial charge in [-0.1, -0.05) is 30.8 Å². The summed E-state index contributed by atoms with van der Waals surface area (Å²) in [5.41, 5.74) is 14.7. The fraction of sp³-hybridized carbons (Fsp3) is 0.442. The molecule has 5 amide bonds. The Morgan fingerprint density at radius 2 is 1.20 bits per heavy atom. The quantitative estimate of drug-likeness (QED) is 0.0632. The second-order valence-corrected chi connectivity index (χ2v) is 13.7. The second kappa shape index (κ2) is 29.9. The molecule has 2 aromatic heterocycles. The lowest BCUT2D eigenvalue weighted by Crippen LogP contribution is -2.52. The second-order valence-electron chi connectivity index (χ2n) is 13.7. The summed E-state index contributed by atoms with van der Waals surface area (Å²) in [7, 11) is 1.60. The minimum Gasteiger partial charge on any atom is -0.496 e. The van der Waals surface area contributed by atoms with Gasteiger partial charge in [0.15, 0.2) is 0 Å². The molecule has 1 unspecified atom stereocenters. The van der Waals surface area contributed by atoms with E-state index in [2.05, 4.69) is 48.4 Å². The zero-order valence-corrected chi connectivity index (χ0v) is 37.3. The highest BCUT2D eigenvalue weighted by atomic mass is 16.5. The Hall–Kier alpha value is -7.32. The molecule has 3 aromatic rings. The van der Waals surface area contributed by atoms with Gasteiger partial charge in [-0.05, 0) is 87.4 Å². The number of aromatic nitrogens is 2. The maximum atomic E-state index is 12.4. The number of nitrogens with two attached hydrogens (primary N) is 2. The number of ether oxygens (including phenoxy) is 4. The lowest BCUT2D eigenvalue weighted by Gasteiger charge is -2.34. The standard InChI is InChI=1S/C17H25N5O4.C14H20N2O4.C12H18N4O2/c1-2-26-16(24)13-5-3-4-8-22(13)15(23)11-21-17(25)20-10-12-6-7-14(18)19-9-12;1-4-20-13(17)9-16-14(18)15-8-11-6-5-10(2)12(7-11)19-3;1-3-18-12(17)8-15-9(2)14-6-10-4-5-11(13)16-7-10/h6-7,9,13H,2-5,8,10-11H2,1H3,(H2,18,19)(H2,20,21,25);5-7H,4,8-9H2,1-3H3,(H2,15,16,18);4-5,7,14-15H,2-3,6,8H2,1H3,(H2,13,16). The first-order valence-corrected chi connectivity index (χ1v) is 20.7. The number of pyridine rings is 2. The summed E-state index contributed by atoms with van der Waals surface area (Å²) >= 11 is 0. The zero-order valence-electron chi connectivity index (χ0n) is 37.3. The largest absolute Gasteiger partial charge is 0.496 e. The van der Waals surface area contributed by atoms with Crippen LogP contribution in [0.15, 0.2) is 67.3 Å². The van der Waals surface area contributed by atoms with Gasteiger partial charge in [-0.2, -0.15) is 0 Å². The van der Waals surface area contributed by atoms with Crippen LogP contribution < -0.4 is 48.1 Å². The Morgan fingerprint density at radius 3 is 1.73 bits per heavy atom. The molecule has 21 heteroatoms. The van der Waals surface area contributed by atoms with E-state index in [-0.39, 0.29) is 50.6 Å². The number of nitrogens with zero attached hydrogens (tertiary/aromatic N) is 3. The molecule has 0 spiro atoms. The van der Waals surface area contributed by atoms with Crippen LogP contribution in [0.25, 0.3) is 0 Å². The molecule has 0 bridgehead atoms. The number of anilines is 2. The number of rotatable bonds is 19. The van der Waals surface area contributed by atoms with Crippen molar-refractivity contribution < 1.29 is 47.7 Å². The molecule has 1 aliphatic heterocycles. The van der Waals surface area contributed by atoms with Crippen molar-refractivity contribution in [3.05, 3.63) is 89.5 Å². The minimum absolute atomic E-state index is 0.0969. The number of amides is 5. The summed E-state index contributed by atoms with van der Waals surface area (Å²) < 4.78 is 19.7. The van der Waals surface area contributed by atoms with Crippen LogP contribution in [0.4, 0.5) is 21.2 Å². The molecule has 0 saturated carbocycles. The Bertz CT molecular complexity index is 1950. The van der Waals surface area contributed by atoms with Gasteiger partial charge in [-0.15, -0.1) is 0 Å². The van der Waals surface area contributed by atoms with Crippen LogP contribution in [-0.4, -0.2) is 110 Å². The molecule has 1 aliphatic rings. The number of nitrogen functional groups attached to an aromatic ring is 2. The summed E-state index contributed by atoms with van der Waals surface area (Å²) in [4.78, 5) is 79.3. The molecule has 10 N–H and O–H groups in total. The lowest BCUT2D eigenvalue weighted by molar-refractivity contribution is -0.156. The third kappa shape index (κ3) is 21.5. The van der Waals surface area contributed by atoms with Crippen molar-refractivity contribution in [3.8, 4) is 5.75 Å². The summed E-state index contributed by atoms with van der Waals surface area (Å²) in [5, 5.41) is 16.1. The molecule has 1 saturated heterocycles. The molecular formula is C43H63N11O10. The van der Waals surface area contributed by atoms with E-state index in [1.807, 2.05) is 31.2 Å². The van der Waals surface area contributed by atoms with Crippen LogP contribution in [0.5, 0.6) is 5.75 Å². The van der Waals surface area contributed by atoms with Crippen molar-refractivity contribution in [1.29, 1.82) is 0 Å². The number of hydrogen-bond donors (Lipinski definition) is 8. The van der Waals surface area contributed by atoms with Gasteiger partial charge in [0.05, 0.1) is 39.3 Å². The van der Waals surface area contributed by atoms with E-state index >= 15 is 0 Å². The van der Waals surface area contributed by atoms with Crippen LogP contribution in [0, 0.1) is 6.92 Å². The Kier molecular flexibility index (Phi) is 24.6. The monoisotopic (exact) mass is 893 g/mol. The van der Waals surface area contributed by atoms with Crippen LogP contribution in [-0.2, 0) is 53.0 Å². The zero-order chi connectivity index (χ0) is 47.3. The molecule has 350 valence electrons. The van der Waals surface area contributed by atoms with Crippen molar-refractivity contribution in [2.24, 2.45) is 0 Å². The van der Waals surface area contributed by atoms with Crippen molar-refractivity contribution in [3.63, 3.8) is 0 Å². The van der Waals surface area contributed by atoms with E-state index in [0.29, 0.717) is 56.7 Å². The highest BCUT2D eigenvalue weighted by Crippen LogP contribution is 2.19. The molecule has 1 fully saturated rings. The number of esters is 3. The Labute approximate surface area is 373 Å². The Morgan fingerprint density at radius 1 is 0.688 bits per heavy atom. The third-order valence-corrected chi connectivity index (χ3v) is 8.81. The fourth-order valence-corrected chi connectivity index (χ4v) is 5.54. The third-order valence-electron chi connectivity index (χ3n) is 8.81. The fourth-order valence-electron chi connectivity index (χ4n) is 5.54. The number of nitrogens with one attached hydrogen (secondary N) is 6. The number of aryl methyl sites for hydroxylation is 1. The summed E-state index contributed by atoms with van der Waals surface area (Å²) in [5.74, 6) is 0.762. The van der Waals surface area contributed by atoms with E-state index in [0.717, 1.165) is 40.8 Å². The topological polar surface area (TPSA) is 293 Å². The number of piperidine rings is 1. The van der Waals surface area contributed by atoms with E-state index < -0.39 is 24.1 Å². The van der Waals surface area contributed by atoms with Crippen molar-refractivity contribution in [2.45, 2.75) is 72.6 Å². The van der Waals surface area contributed by atoms with Gasteiger partial charge in [0.25, 0.3) is 0 Å².